The first-order chi connectivity index (χ1) is 12.2. The Labute approximate surface area is 146 Å². The SMILES string of the molecule is CN(c1ccc(C(F)(F)F)cc1)c1cc(=O)n(C)c2ccc(C#N)nc12. The summed E-state index contributed by atoms with van der Waals surface area (Å²) in [6.07, 6.45) is -4.42. The molecule has 0 unspecified atom stereocenters. The van der Waals surface area contributed by atoms with Crippen molar-refractivity contribution in [1.82, 2.24) is 9.55 Å². The monoisotopic (exact) mass is 358 g/mol. The Morgan fingerprint density at radius 3 is 2.38 bits per heavy atom. The molecule has 3 aromatic rings. The molecule has 0 N–H and O–H groups in total. The number of hydrogen-bond donors (Lipinski definition) is 0. The summed E-state index contributed by atoms with van der Waals surface area (Å²) in [6.45, 7) is 0. The Balaban J connectivity index is 2.16. The second-order valence-corrected chi connectivity index (χ2v) is 5.71. The van der Waals surface area contributed by atoms with Crippen molar-refractivity contribution in [3.05, 3.63) is 64.1 Å². The molecule has 0 amide bonds. The molecular formula is C18H13F3N4O. The van der Waals surface area contributed by atoms with Crippen molar-refractivity contribution in [2.45, 2.75) is 6.18 Å². The number of nitriles is 1. The van der Waals surface area contributed by atoms with Crippen molar-refractivity contribution >= 4 is 22.4 Å². The molecule has 8 heteroatoms. The van der Waals surface area contributed by atoms with E-state index < -0.39 is 11.7 Å². The minimum atomic E-state index is -4.42. The fourth-order valence-corrected chi connectivity index (χ4v) is 2.64. The third-order valence-electron chi connectivity index (χ3n) is 4.13. The number of fused-ring (bicyclic) bond motifs is 1. The zero-order valence-electron chi connectivity index (χ0n) is 13.9. The van der Waals surface area contributed by atoms with E-state index in [1.807, 2.05) is 6.07 Å². The maximum absolute atomic E-state index is 12.7. The molecule has 0 bridgehead atoms. The van der Waals surface area contributed by atoms with Crippen molar-refractivity contribution < 1.29 is 13.2 Å². The third kappa shape index (κ3) is 2.99. The lowest BCUT2D eigenvalue weighted by Gasteiger charge is -2.22. The van der Waals surface area contributed by atoms with Crippen LogP contribution in [0.5, 0.6) is 0 Å². The van der Waals surface area contributed by atoms with Crippen LogP contribution in [0.2, 0.25) is 0 Å². The van der Waals surface area contributed by atoms with Crippen LogP contribution in [-0.2, 0) is 13.2 Å². The summed E-state index contributed by atoms with van der Waals surface area (Å²) >= 11 is 0. The van der Waals surface area contributed by atoms with Gasteiger partial charge in [-0.25, -0.2) is 4.98 Å². The number of alkyl halides is 3. The molecule has 26 heavy (non-hydrogen) atoms. The molecule has 0 fully saturated rings. The lowest BCUT2D eigenvalue weighted by molar-refractivity contribution is -0.137. The largest absolute Gasteiger partial charge is 0.416 e. The molecule has 0 radical (unpaired) electrons. The number of nitrogens with zero attached hydrogens (tertiary/aromatic N) is 4. The van der Waals surface area contributed by atoms with Gasteiger partial charge in [-0.1, -0.05) is 0 Å². The topological polar surface area (TPSA) is 61.9 Å². The number of hydrogen-bond acceptors (Lipinski definition) is 4. The first-order valence-electron chi connectivity index (χ1n) is 7.54. The summed E-state index contributed by atoms with van der Waals surface area (Å²) in [5.41, 5.74) is 0.917. The summed E-state index contributed by atoms with van der Waals surface area (Å²) in [5.74, 6) is 0. The van der Waals surface area contributed by atoms with Crippen LogP contribution < -0.4 is 10.5 Å². The molecule has 0 aliphatic carbocycles. The van der Waals surface area contributed by atoms with Gasteiger partial charge in [0.15, 0.2) is 0 Å². The van der Waals surface area contributed by atoms with Crippen molar-refractivity contribution in [3.8, 4) is 6.07 Å². The summed E-state index contributed by atoms with van der Waals surface area (Å²) < 4.78 is 39.6. The standard InChI is InChI=1S/C18H13F3N4O/c1-24(13-6-3-11(4-7-13)18(19,20)21)15-9-16(26)25(2)14-8-5-12(10-22)23-17(14)15/h3-9H,1-2H3. The normalized spacial score (nSPS) is 11.4. The molecule has 0 aliphatic heterocycles. The Morgan fingerprint density at radius 1 is 1.15 bits per heavy atom. The predicted molar refractivity (Wildman–Crippen MR) is 91.2 cm³/mol. The van der Waals surface area contributed by atoms with Gasteiger partial charge in [0, 0.05) is 25.8 Å². The smallest absolute Gasteiger partial charge is 0.343 e. The first kappa shape index (κ1) is 17.5. The zero-order valence-corrected chi connectivity index (χ0v) is 13.9. The Morgan fingerprint density at radius 2 is 1.81 bits per heavy atom. The highest BCUT2D eigenvalue weighted by molar-refractivity contribution is 5.90. The number of benzene rings is 1. The van der Waals surface area contributed by atoms with E-state index in [9.17, 15) is 18.0 Å². The maximum atomic E-state index is 12.7. The number of pyridine rings is 2. The van der Waals surface area contributed by atoms with Gasteiger partial charge in [-0.3, -0.25) is 4.79 Å². The van der Waals surface area contributed by atoms with Crippen molar-refractivity contribution in [1.29, 1.82) is 5.26 Å². The molecule has 0 saturated carbocycles. The van der Waals surface area contributed by atoms with E-state index in [0.29, 0.717) is 22.4 Å². The van der Waals surface area contributed by atoms with E-state index in [4.69, 9.17) is 5.26 Å². The van der Waals surface area contributed by atoms with Crippen LogP contribution in [0.15, 0.2) is 47.3 Å². The summed E-state index contributed by atoms with van der Waals surface area (Å²) in [6, 6.07) is 11.0. The van der Waals surface area contributed by atoms with Gasteiger partial charge in [0.1, 0.15) is 17.3 Å². The molecule has 132 valence electrons. The van der Waals surface area contributed by atoms with Gasteiger partial charge >= 0.3 is 6.18 Å². The Bertz CT molecular complexity index is 1080. The van der Waals surface area contributed by atoms with Gasteiger partial charge in [-0.05, 0) is 36.4 Å². The number of aryl methyl sites for hydroxylation is 1. The predicted octanol–water partition coefficient (Wildman–Crippen LogP) is 3.59. The van der Waals surface area contributed by atoms with Crippen LogP contribution in [0.3, 0.4) is 0 Å². The van der Waals surface area contributed by atoms with E-state index >= 15 is 0 Å². The highest BCUT2D eigenvalue weighted by Gasteiger charge is 2.30. The van der Waals surface area contributed by atoms with Crippen molar-refractivity contribution in [2.24, 2.45) is 7.05 Å². The van der Waals surface area contributed by atoms with Crippen molar-refractivity contribution in [2.75, 3.05) is 11.9 Å². The summed E-state index contributed by atoms with van der Waals surface area (Å²) in [5, 5.41) is 9.07. The summed E-state index contributed by atoms with van der Waals surface area (Å²) in [7, 11) is 3.21. The molecule has 2 heterocycles. The van der Waals surface area contributed by atoms with Gasteiger partial charge in [0.25, 0.3) is 5.56 Å². The molecular weight excluding hydrogens is 345 g/mol. The van der Waals surface area contributed by atoms with E-state index in [2.05, 4.69) is 4.98 Å². The minimum Gasteiger partial charge on any atom is -0.343 e. The fourth-order valence-electron chi connectivity index (χ4n) is 2.64. The fraction of sp³-hybridized carbons (Fsp3) is 0.167. The molecule has 0 saturated heterocycles. The second kappa shape index (κ2) is 6.19. The van der Waals surface area contributed by atoms with E-state index in [-0.39, 0.29) is 11.3 Å². The highest BCUT2D eigenvalue weighted by Crippen LogP contribution is 2.33. The van der Waals surface area contributed by atoms with Gasteiger partial charge in [0.2, 0.25) is 0 Å². The lowest BCUT2D eigenvalue weighted by Crippen LogP contribution is -2.21. The molecule has 0 spiro atoms. The number of halogens is 3. The number of rotatable bonds is 2. The molecule has 5 nitrogen and oxygen atoms in total. The Hall–Kier alpha value is -3.34. The average molecular weight is 358 g/mol. The average Bonchev–Trinajstić information content (AvgIpc) is 2.63. The second-order valence-electron chi connectivity index (χ2n) is 5.71. The zero-order chi connectivity index (χ0) is 19.1. The van der Waals surface area contributed by atoms with Gasteiger partial charge in [-0.15, -0.1) is 0 Å². The van der Waals surface area contributed by atoms with Crippen LogP contribution in [0.4, 0.5) is 24.5 Å². The van der Waals surface area contributed by atoms with Crippen LogP contribution >= 0.6 is 0 Å². The molecule has 1 aromatic carbocycles. The van der Waals surface area contributed by atoms with Crippen LogP contribution in [0.25, 0.3) is 11.0 Å². The Kier molecular flexibility index (Phi) is 4.16. The minimum absolute atomic E-state index is 0.179. The van der Waals surface area contributed by atoms with E-state index in [1.165, 1.54) is 28.8 Å². The number of anilines is 2. The molecule has 3 rings (SSSR count). The maximum Gasteiger partial charge on any atom is 0.416 e. The van der Waals surface area contributed by atoms with Gasteiger partial charge < -0.3 is 9.47 Å². The third-order valence-corrected chi connectivity index (χ3v) is 4.13. The molecule has 0 atom stereocenters. The quantitative estimate of drug-likeness (QED) is 0.702. The van der Waals surface area contributed by atoms with E-state index in [1.54, 1.807) is 25.1 Å². The lowest BCUT2D eigenvalue weighted by atomic mass is 10.1. The number of aromatic nitrogens is 2. The van der Waals surface area contributed by atoms with Crippen LogP contribution in [0.1, 0.15) is 11.3 Å². The molecule has 2 aromatic heterocycles. The van der Waals surface area contributed by atoms with Crippen LogP contribution in [0, 0.1) is 11.3 Å². The molecule has 0 aliphatic rings. The van der Waals surface area contributed by atoms with E-state index in [0.717, 1.165) is 12.1 Å². The van der Waals surface area contributed by atoms with Crippen LogP contribution in [-0.4, -0.2) is 16.6 Å². The van der Waals surface area contributed by atoms with Crippen molar-refractivity contribution in [3.63, 3.8) is 0 Å². The summed E-state index contributed by atoms with van der Waals surface area (Å²) in [4.78, 5) is 18.0. The van der Waals surface area contributed by atoms with Gasteiger partial charge in [-0.2, -0.15) is 18.4 Å². The van der Waals surface area contributed by atoms with Gasteiger partial charge in [0.05, 0.1) is 16.8 Å². The highest BCUT2D eigenvalue weighted by atomic mass is 19.4. The first-order valence-corrected chi connectivity index (χ1v) is 7.54.